The highest BCUT2D eigenvalue weighted by Crippen LogP contribution is 2.21. The van der Waals surface area contributed by atoms with Crippen molar-refractivity contribution in [2.45, 2.75) is 38.6 Å². The summed E-state index contributed by atoms with van der Waals surface area (Å²) in [5.74, 6) is 2.29. The second kappa shape index (κ2) is 8.01. The van der Waals surface area contributed by atoms with E-state index in [9.17, 15) is 8.42 Å². The molecule has 0 saturated carbocycles. The maximum absolute atomic E-state index is 11.5. The van der Waals surface area contributed by atoms with E-state index < -0.39 is 9.84 Å². The lowest BCUT2D eigenvalue weighted by atomic mass is 9.92. The molecule has 2 atom stereocenters. The Hall–Kier alpha value is -1.56. The average molecular weight is 352 g/mol. The maximum Gasteiger partial charge on any atom is 0.194 e. The first-order valence-corrected chi connectivity index (χ1v) is 10.5. The van der Waals surface area contributed by atoms with E-state index in [1.165, 1.54) is 12.7 Å². The summed E-state index contributed by atoms with van der Waals surface area (Å²) in [4.78, 5) is 7.44. The molecule has 0 bridgehead atoms. The topological polar surface area (TPSA) is 61.8 Å². The minimum atomic E-state index is -3.15. The summed E-state index contributed by atoms with van der Waals surface area (Å²) in [7, 11) is -3.15. The minimum Gasteiger partial charge on any atom is -0.357 e. The minimum absolute atomic E-state index is 0.348. The van der Waals surface area contributed by atoms with Gasteiger partial charge in [-0.15, -0.1) is 0 Å². The Labute approximate surface area is 146 Å². The van der Waals surface area contributed by atoms with Crippen LogP contribution in [-0.4, -0.2) is 45.2 Å². The van der Waals surface area contributed by atoms with Crippen LogP contribution in [0, 0.1) is 11.8 Å². The number of nitrogens with one attached hydrogen (secondary N) is 1. The number of benzene rings is 1. The molecule has 1 N–H and O–H groups in total. The zero-order chi connectivity index (χ0) is 17.7. The van der Waals surface area contributed by atoms with Gasteiger partial charge in [-0.25, -0.2) is 13.4 Å². The predicted molar refractivity (Wildman–Crippen MR) is 98.9 cm³/mol. The average Bonchev–Trinajstić information content (AvgIpc) is 2.50. The summed E-state index contributed by atoms with van der Waals surface area (Å²) >= 11 is 0. The SMILES string of the molecule is CCNC(=NCc1ccc(S(C)(=O)=O)cc1)N1CC(C)CC(C)C1. The summed E-state index contributed by atoms with van der Waals surface area (Å²) in [5.41, 5.74) is 1.01. The number of hydrogen-bond acceptors (Lipinski definition) is 3. The number of likely N-dealkylation sites (tertiary alicyclic amines) is 1. The molecular formula is C18H29N3O2S. The van der Waals surface area contributed by atoms with Crippen molar-refractivity contribution in [1.82, 2.24) is 10.2 Å². The van der Waals surface area contributed by atoms with E-state index in [-0.39, 0.29) is 0 Å². The van der Waals surface area contributed by atoms with E-state index in [0.29, 0.717) is 23.3 Å². The molecule has 0 aromatic heterocycles. The first kappa shape index (κ1) is 18.8. The number of aliphatic imine (C=N–C) groups is 1. The number of piperidine rings is 1. The largest absolute Gasteiger partial charge is 0.357 e. The van der Waals surface area contributed by atoms with Crippen LogP contribution in [0.2, 0.25) is 0 Å². The third-order valence-electron chi connectivity index (χ3n) is 4.27. The fourth-order valence-corrected chi connectivity index (χ4v) is 3.90. The Balaban J connectivity index is 2.10. The van der Waals surface area contributed by atoms with Gasteiger partial charge in [-0.3, -0.25) is 0 Å². The van der Waals surface area contributed by atoms with Gasteiger partial charge in [-0.1, -0.05) is 26.0 Å². The molecule has 24 heavy (non-hydrogen) atoms. The smallest absolute Gasteiger partial charge is 0.194 e. The monoisotopic (exact) mass is 351 g/mol. The van der Waals surface area contributed by atoms with Crippen molar-refractivity contribution in [3.05, 3.63) is 29.8 Å². The quantitative estimate of drug-likeness (QED) is 0.669. The summed E-state index contributed by atoms with van der Waals surface area (Å²) in [6.45, 7) is 10.1. The van der Waals surface area contributed by atoms with Crippen LogP contribution in [0.5, 0.6) is 0 Å². The van der Waals surface area contributed by atoms with Gasteiger partial charge < -0.3 is 10.2 Å². The van der Waals surface area contributed by atoms with Crippen LogP contribution in [-0.2, 0) is 16.4 Å². The standard InChI is InChI=1S/C18H29N3O2S/c1-5-19-18(21-12-14(2)10-15(3)13-21)20-11-16-6-8-17(9-7-16)24(4,22)23/h6-9,14-15H,5,10-13H2,1-4H3,(H,19,20). The van der Waals surface area contributed by atoms with Crippen LogP contribution in [0.3, 0.4) is 0 Å². The van der Waals surface area contributed by atoms with Crippen molar-refractivity contribution >= 4 is 15.8 Å². The number of sulfone groups is 1. The molecular weight excluding hydrogens is 322 g/mol. The molecule has 1 saturated heterocycles. The third-order valence-corrected chi connectivity index (χ3v) is 5.39. The second-order valence-corrected chi connectivity index (χ2v) is 8.95. The first-order chi connectivity index (χ1) is 11.3. The van der Waals surface area contributed by atoms with E-state index in [2.05, 4.69) is 31.0 Å². The van der Waals surface area contributed by atoms with Gasteiger partial charge in [0.1, 0.15) is 0 Å². The highest BCUT2D eigenvalue weighted by molar-refractivity contribution is 7.90. The lowest BCUT2D eigenvalue weighted by molar-refractivity contribution is 0.208. The molecule has 1 aliphatic heterocycles. The van der Waals surface area contributed by atoms with E-state index in [0.717, 1.165) is 31.2 Å². The van der Waals surface area contributed by atoms with E-state index in [4.69, 9.17) is 4.99 Å². The molecule has 0 aliphatic carbocycles. The third kappa shape index (κ3) is 5.23. The van der Waals surface area contributed by atoms with Gasteiger partial charge in [-0.05, 0) is 42.9 Å². The predicted octanol–water partition coefficient (Wildman–Crippen LogP) is 2.53. The summed E-state index contributed by atoms with van der Waals surface area (Å²) < 4.78 is 23.0. The maximum atomic E-state index is 11.5. The molecule has 1 aliphatic rings. The molecule has 134 valence electrons. The van der Waals surface area contributed by atoms with Crippen molar-refractivity contribution in [1.29, 1.82) is 0 Å². The summed E-state index contributed by atoms with van der Waals surface area (Å²) in [6, 6.07) is 6.98. The molecule has 2 unspecified atom stereocenters. The molecule has 1 aromatic carbocycles. The summed E-state index contributed by atoms with van der Waals surface area (Å²) in [5, 5.41) is 3.38. The van der Waals surface area contributed by atoms with Crippen LogP contribution >= 0.6 is 0 Å². The fourth-order valence-electron chi connectivity index (χ4n) is 3.27. The fraction of sp³-hybridized carbons (Fsp3) is 0.611. The number of hydrogen-bond donors (Lipinski definition) is 1. The molecule has 6 heteroatoms. The van der Waals surface area contributed by atoms with Crippen LogP contribution in [0.4, 0.5) is 0 Å². The molecule has 0 amide bonds. The Morgan fingerprint density at radius 3 is 2.29 bits per heavy atom. The van der Waals surface area contributed by atoms with Crippen molar-refractivity contribution in [2.24, 2.45) is 16.8 Å². The van der Waals surface area contributed by atoms with Crippen molar-refractivity contribution in [3.8, 4) is 0 Å². The van der Waals surface area contributed by atoms with Gasteiger partial charge in [0.05, 0.1) is 11.4 Å². The molecule has 0 spiro atoms. The van der Waals surface area contributed by atoms with Gasteiger partial charge in [-0.2, -0.15) is 0 Å². The lowest BCUT2D eigenvalue weighted by Gasteiger charge is -2.37. The second-order valence-electron chi connectivity index (χ2n) is 6.94. The van der Waals surface area contributed by atoms with E-state index >= 15 is 0 Å². The number of guanidine groups is 1. The Morgan fingerprint density at radius 1 is 1.21 bits per heavy atom. The van der Waals surface area contributed by atoms with Gasteiger partial charge in [0.15, 0.2) is 15.8 Å². The number of rotatable bonds is 4. The molecule has 2 rings (SSSR count). The highest BCUT2D eigenvalue weighted by atomic mass is 32.2. The van der Waals surface area contributed by atoms with Gasteiger partial charge in [0.25, 0.3) is 0 Å². The Bertz CT molecular complexity index is 658. The normalized spacial score (nSPS) is 22.5. The van der Waals surface area contributed by atoms with Crippen molar-refractivity contribution in [2.75, 3.05) is 25.9 Å². The van der Waals surface area contributed by atoms with Crippen LogP contribution in [0.1, 0.15) is 32.8 Å². The molecule has 1 heterocycles. The van der Waals surface area contributed by atoms with E-state index in [1.807, 2.05) is 12.1 Å². The van der Waals surface area contributed by atoms with Gasteiger partial charge in [0.2, 0.25) is 0 Å². The molecule has 1 aromatic rings. The molecule has 0 radical (unpaired) electrons. The zero-order valence-electron chi connectivity index (χ0n) is 15.1. The molecule has 1 fully saturated rings. The molecule has 5 nitrogen and oxygen atoms in total. The first-order valence-electron chi connectivity index (χ1n) is 8.61. The highest BCUT2D eigenvalue weighted by Gasteiger charge is 2.23. The summed E-state index contributed by atoms with van der Waals surface area (Å²) in [6.07, 6.45) is 2.49. The van der Waals surface area contributed by atoms with E-state index in [1.54, 1.807) is 12.1 Å². The van der Waals surface area contributed by atoms with Crippen LogP contribution in [0.25, 0.3) is 0 Å². The van der Waals surface area contributed by atoms with Crippen LogP contribution in [0.15, 0.2) is 34.2 Å². The lowest BCUT2D eigenvalue weighted by Crippen LogP contribution is -2.48. The van der Waals surface area contributed by atoms with Gasteiger partial charge in [0, 0.05) is 25.9 Å². The Morgan fingerprint density at radius 2 is 1.79 bits per heavy atom. The zero-order valence-corrected chi connectivity index (χ0v) is 15.9. The number of nitrogens with zero attached hydrogens (tertiary/aromatic N) is 2. The van der Waals surface area contributed by atoms with Gasteiger partial charge >= 0.3 is 0 Å². The van der Waals surface area contributed by atoms with Crippen molar-refractivity contribution in [3.63, 3.8) is 0 Å². The van der Waals surface area contributed by atoms with Crippen molar-refractivity contribution < 1.29 is 8.42 Å². The Kier molecular flexibility index (Phi) is 6.27. The van der Waals surface area contributed by atoms with Crippen LogP contribution < -0.4 is 5.32 Å².